The Kier molecular flexibility index (Phi) is 4.13. The van der Waals surface area contributed by atoms with Gasteiger partial charge in [0, 0.05) is 18.2 Å². The van der Waals surface area contributed by atoms with E-state index in [4.69, 9.17) is 5.14 Å². The van der Waals surface area contributed by atoms with Gasteiger partial charge >= 0.3 is 0 Å². The molecule has 6 heteroatoms. The molecule has 2 N–H and O–H groups in total. The summed E-state index contributed by atoms with van der Waals surface area (Å²) in [5.74, 6) is -0.0973. The molecule has 1 saturated heterocycles. The van der Waals surface area contributed by atoms with E-state index >= 15 is 0 Å². The minimum Gasteiger partial charge on any atom is -0.336 e. The normalized spacial score (nSPS) is 19.1. The summed E-state index contributed by atoms with van der Waals surface area (Å²) in [6.07, 6.45) is 1.97. The molecule has 1 amide bonds. The van der Waals surface area contributed by atoms with Crippen LogP contribution in [-0.4, -0.2) is 31.8 Å². The number of amides is 1. The monoisotopic (exact) mass is 310 g/mol. The second-order valence-corrected chi connectivity index (χ2v) is 7.37. The molecule has 1 aromatic rings. The van der Waals surface area contributed by atoms with Crippen molar-refractivity contribution in [3.8, 4) is 0 Å². The lowest BCUT2D eigenvalue weighted by Crippen LogP contribution is -2.35. The third-order valence-electron chi connectivity index (χ3n) is 4.21. The zero-order chi connectivity index (χ0) is 15.9. The molecule has 1 aliphatic heterocycles. The van der Waals surface area contributed by atoms with Crippen LogP contribution in [0.5, 0.6) is 0 Å². The Bertz CT molecular complexity index is 695. The van der Waals surface area contributed by atoms with Crippen LogP contribution in [0.25, 0.3) is 0 Å². The van der Waals surface area contributed by atoms with Crippen molar-refractivity contribution in [3.63, 3.8) is 0 Å². The minimum absolute atomic E-state index is 0.0725. The summed E-state index contributed by atoms with van der Waals surface area (Å²) in [6, 6.07) is 1.91. The largest absolute Gasteiger partial charge is 0.336 e. The van der Waals surface area contributed by atoms with Gasteiger partial charge in [-0.1, -0.05) is 6.07 Å². The highest BCUT2D eigenvalue weighted by Crippen LogP contribution is 2.28. The van der Waals surface area contributed by atoms with E-state index in [2.05, 4.69) is 0 Å². The van der Waals surface area contributed by atoms with E-state index in [-0.39, 0.29) is 16.8 Å². The van der Waals surface area contributed by atoms with Gasteiger partial charge in [0.15, 0.2) is 0 Å². The number of sulfonamides is 1. The molecule has 1 heterocycles. The van der Waals surface area contributed by atoms with Crippen LogP contribution in [-0.2, 0) is 10.0 Å². The van der Waals surface area contributed by atoms with Crippen LogP contribution in [0.4, 0.5) is 0 Å². The van der Waals surface area contributed by atoms with E-state index in [1.165, 1.54) is 0 Å². The van der Waals surface area contributed by atoms with E-state index in [0.717, 1.165) is 24.9 Å². The fourth-order valence-corrected chi connectivity index (χ4v) is 4.35. The molecule has 0 aliphatic carbocycles. The van der Waals surface area contributed by atoms with Gasteiger partial charge in [0.2, 0.25) is 10.0 Å². The number of benzene rings is 1. The van der Waals surface area contributed by atoms with Gasteiger partial charge in [-0.3, -0.25) is 4.79 Å². The van der Waals surface area contributed by atoms with Crippen molar-refractivity contribution < 1.29 is 13.2 Å². The highest BCUT2D eigenvalue weighted by Gasteiger charge is 2.30. The van der Waals surface area contributed by atoms with Gasteiger partial charge in [-0.05, 0) is 57.2 Å². The molecule has 0 bridgehead atoms. The lowest BCUT2D eigenvalue weighted by atomic mass is 9.98. The number of hydrogen-bond donors (Lipinski definition) is 1. The summed E-state index contributed by atoms with van der Waals surface area (Å²) in [7, 11) is -3.84. The van der Waals surface area contributed by atoms with Gasteiger partial charge in [-0.2, -0.15) is 0 Å². The highest BCUT2D eigenvalue weighted by atomic mass is 32.2. The Morgan fingerprint density at radius 3 is 2.38 bits per heavy atom. The fraction of sp³-hybridized carbons (Fsp3) is 0.533. The van der Waals surface area contributed by atoms with Crippen LogP contribution < -0.4 is 5.14 Å². The highest BCUT2D eigenvalue weighted by molar-refractivity contribution is 7.89. The lowest BCUT2D eigenvalue weighted by Gasteiger charge is -2.24. The smallest absolute Gasteiger partial charge is 0.254 e. The van der Waals surface area contributed by atoms with E-state index in [1.807, 2.05) is 18.7 Å². The van der Waals surface area contributed by atoms with E-state index in [9.17, 15) is 13.2 Å². The first-order valence-corrected chi connectivity index (χ1v) is 8.63. The molecule has 0 spiro atoms. The zero-order valence-corrected chi connectivity index (χ0v) is 13.8. The summed E-state index contributed by atoms with van der Waals surface area (Å²) < 4.78 is 23.6. The maximum atomic E-state index is 12.8. The van der Waals surface area contributed by atoms with Crippen molar-refractivity contribution in [3.05, 3.63) is 28.3 Å². The Balaban J connectivity index is 2.62. The molecule has 1 aliphatic rings. The van der Waals surface area contributed by atoms with Crippen LogP contribution in [0.2, 0.25) is 0 Å². The van der Waals surface area contributed by atoms with Gasteiger partial charge in [-0.15, -0.1) is 0 Å². The summed E-state index contributed by atoms with van der Waals surface area (Å²) in [5.41, 5.74) is 2.30. The molecule has 5 nitrogen and oxygen atoms in total. The molecular formula is C15H22N2O3S. The summed E-state index contributed by atoms with van der Waals surface area (Å²) in [6.45, 7) is 7.93. The molecule has 21 heavy (non-hydrogen) atoms. The second kappa shape index (κ2) is 5.42. The third-order valence-corrected chi connectivity index (χ3v) is 5.41. The number of nitrogens with two attached hydrogens (primary N) is 1. The van der Waals surface area contributed by atoms with Crippen molar-refractivity contribution in [2.45, 2.75) is 51.5 Å². The third kappa shape index (κ3) is 2.82. The van der Waals surface area contributed by atoms with Gasteiger partial charge in [0.1, 0.15) is 0 Å². The fourth-order valence-electron chi connectivity index (χ4n) is 3.31. The predicted octanol–water partition coefficient (Wildman–Crippen LogP) is 1.88. The molecule has 1 unspecified atom stereocenters. The zero-order valence-electron chi connectivity index (χ0n) is 12.9. The van der Waals surface area contributed by atoms with Crippen molar-refractivity contribution in [1.82, 2.24) is 4.90 Å². The quantitative estimate of drug-likeness (QED) is 0.905. The molecule has 2 rings (SSSR count). The summed E-state index contributed by atoms with van der Waals surface area (Å²) in [5, 5.41) is 5.31. The van der Waals surface area contributed by atoms with E-state index < -0.39 is 10.0 Å². The number of aryl methyl sites for hydroxylation is 2. The Morgan fingerprint density at radius 1 is 1.29 bits per heavy atom. The molecule has 1 fully saturated rings. The number of hydrogen-bond acceptors (Lipinski definition) is 3. The minimum atomic E-state index is -3.84. The van der Waals surface area contributed by atoms with Gasteiger partial charge < -0.3 is 4.90 Å². The first-order chi connectivity index (χ1) is 9.64. The Labute approximate surface area is 126 Å². The average molecular weight is 310 g/mol. The molecule has 0 saturated carbocycles. The van der Waals surface area contributed by atoms with Crippen LogP contribution >= 0.6 is 0 Å². The average Bonchev–Trinajstić information content (AvgIpc) is 2.72. The number of primary sulfonamides is 1. The number of rotatable bonds is 2. The predicted molar refractivity (Wildman–Crippen MR) is 81.8 cm³/mol. The lowest BCUT2D eigenvalue weighted by molar-refractivity contribution is 0.0745. The van der Waals surface area contributed by atoms with Crippen molar-refractivity contribution in [1.29, 1.82) is 0 Å². The van der Waals surface area contributed by atoms with Gasteiger partial charge in [-0.25, -0.2) is 13.6 Å². The molecule has 0 radical (unpaired) electrons. The molecule has 0 aromatic heterocycles. The van der Waals surface area contributed by atoms with Gasteiger partial charge in [0.05, 0.1) is 4.90 Å². The first kappa shape index (κ1) is 16.0. The number of likely N-dealkylation sites (tertiary alicyclic amines) is 1. The number of carbonyl (C=O) groups excluding carboxylic acids is 1. The van der Waals surface area contributed by atoms with Crippen molar-refractivity contribution in [2.75, 3.05) is 6.54 Å². The van der Waals surface area contributed by atoms with Crippen molar-refractivity contribution >= 4 is 15.9 Å². The first-order valence-electron chi connectivity index (χ1n) is 7.09. The maximum absolute atomic E-state index is 12.8. The standard InChI is InChI=1S/C15H22N2O3S/c1-9-8-10(2)14(21(16,19)20)12(4)13(9)15(18)17-7-5-6-11(17)3/h8,11H,5-7H2,1-4H3,(H2,16,19,20). The SMILES string of the molecule is Cc1cc(C)c(S(N)(=O)=O)c(C)c1C(=O)N1CCCC1C. The Hall–Kier alpha value is -1.40. The van der Waals surface area contributed by atoms with Crippen molar-refractivity contribution in [2.24, 2.45) is 5.14 Å². The van der Waals surface area contributed by atoms with E-state index in [1.54, 1.807) is 19.9 Å². The van der Waals surface area contributed by atoms with Crippen LogP contribution in [0.15, 0.2) is 11.0 Å². The topological polar surface area (TPSA) is 80.5 Å². The number of nitrogens with zero attached hydrogens (tertiary/aromatic N) is 1. The van der Waals surface area contributed by atoms with Crippen LogP contribution in [0, 0.1) is 20.8 Å². The van der Waals surface area contributed by atoms with E-state index in [0.29, 0.717) is 16.7 Å². The van der Waals surface area contributed by atoms with Gasteiger partial charge in [0.25, 0.3) is 5.91 Å². The van der Waals surface area contributed by atoms with Crippen LogP contribution in [0.1, 0.15) is 46.8 Å². The molecular weight excluding hydrogens is 288 g/mol. The Morgan fingerprint density at radius 2 is 1.90 bits per heavy atom. The van der Waals surface area contributed by atoms with Crippen LogP contribution in [0.3, 0.4) is 0 Å². The molecule has 116 valence electrons. The maximum Gasteiger partial charge on any atom is 0.254 e. The summed E-state index contributed by atoms with van der Waals surface area (Å²) in [4.78, 5) is 14.7. The molecule has 1 atom stereocenters. The second-order valence-electron chi connectivity index (χ2n) is 5.87. The number of carbonyl (C=O) groups is 1. The molecule has 1 aromatic carbocycles. The summed E-state index contributed by atoms with van der Waals surface area (Å²) >= 11 is 0.